The molecule has 0 spiro atoms. The van der Waals surface area contributed by atoms with Crippen LogP contribution in [0, 0.1) is 0 Å². The number of amides is 2. The maximum Gasteiger partial charge on any atom is 0.239 e. The van der Waals surface area contributed by atoms with Crippen LogP contribution in [0.1, 0.15) is 17.0 Å². The van der Waals surface area contributed by atoms with E-state index in [-0.39, 0.29) is 18.4 Å². The summed E-state index contributed by atoms with van der Waals surface area (Å²) in [5.74, 6) is -0.532. The second kappa shape index (κ2) is 8.61. The van der Waals surface area contributed by atoms with Crippen molar-refractivity contribution >= 4 is 23.2 Å². The second-order valence-electron chi connectivity index (χ2n) is 7.03. The zero-order valence-corrected chi connectivity index (χ0v) is 16.0. The molecule has 2 N–H and O–H groups in total. The summed E-state index contributed by atoms with van der Waals surface area (Å²) >= 11 is 0. The van der Waals surface area contributed by atoms with Gasteiger partial charge in [0.05, 0.1) is 23.8 Å². The van der Waals surface area contributed by atoms with Crippen molar-refractivity contribution in [3.63, 3.8) is 0 Å². The number of nitrogens with one attached hydrogen (secondary N) is 2. The van der Waals surface area contributed by atoms with Crippen molar-refractivity contribution in [2.75, 3.05) is 29.9 Å². The summed E-state index contributed by atoms with van der Waals surface area (Å²) in [6, 6.07) is 27.2. The molecule has 0 aromatic heterocycles. The fourth-order valence-electron chi connectivity index (χ4n) is 3.69. The van der Waals surface area contributed by atoms with Crippen molar-refractivity contribution in [3.05, 3.63) is 96.1 Å². The number of hydrogen-bond acceptors (Lipinski definition) is 3. The molecule has 4 rings (SSSR count). The molecule has 5 nitrogen and oxygen atoms in total. The number of benzene rings is 3. The van der Waals surface area contributed by atoms with E-state index in [0.717, 1.165) is 16.8 Å². The molecule has 0 radical (unpaired) electrons. The Morgan fingerprint density at radius 2 is 1.45 bits per heavy atom. The molecule has 0 bridgehead atoms. The van der Waals surface area contributed by atoms with Gasteiger partial charge in [0.25, 0.3) is 0 Å². The van der Waals surface area contributed by atoms with Crippen molar-refractivity contribution in [2.24, 2.45) is 0 Å². The van der Waals surface area contributed by atoms with E-state index < -0.39 is 5.92 Å². The first-order valence-corrected chi connectivity index (χ1v) is 9.74. The first-order valence-electron chi connectivity index (χ1n) is 9.74. The summed E-state index contributed by atoms with van der Waals surface area (Å²) in [5, 5.41) is 5.94. The first kappa shape index (κ1) is 18.7. The van der Waals surface area contributed by atoms with E-state index in [1.807, 2.05) is 89.8 Å². The van der Waals surface area contributed by atoms with Gasteiger partial charge in [0.15, 0.2) is 0 Å². The molecule has 0 atom stereocenters. The molecule has 1 aliphatic heterocycles. The van der Waals surface area contributed by atoms with Gasteiger partial charge in [-0.3, -0.25) is 9.59 Å². The summed E-state index contributed by atoms with van der Waals surface area (Å²) < 4.78 is 0. The Morgan fingerprint density at radius 1 is 0.862 bits per heavy atom. The van der Waals surface area contributed by atoms with E-state index in [0.29, 0.717) is 18.8 Å². The van der Waals surface area contributed by atoms with Crippen LogP contribution in [-0.4, -0.2) is 31.4 Å². The van der Waals surface area contributed by atoms with Crippen molar-refractivity contribution in [1.82, 2.24) is 5.32 Å². The molecule has 1 saturated heterocycles. The highest BCUT2D eigenvalue weighted by molar-refractivity contribution is 6.01. The molecule has 0 saturated carbocycles. The number of hydrogen-bond donors (Lipinski definition) is 2. The maximum atomic E-state index is 13.4. The van der Waals surface area contributed by atoms with E-state index >= 15 is 0 Å². The highest BCUT2D eigenvalue weighted by Gasteiger charge is 2.25. The van der Waals surface area contributed by atoms with Gasteiger partial charge < -0.3 is 15.5 Å². The molecule has 5 heteroatoms. The van der Waals surface area contributed by atoms with Crippen LogP contribution in [0.15, 0.2) is 84.9 Å². The van der Waals surface area contributed by atoms with Crippen LogP contribution >= 0.6 is 0 Å². The molecular weight excluding hydrogens is 362 g/mol. The summed E-state index contributed by atoms with van der Waals surface area (Å²) in [7, 11) is 0. The molecule has 146 valence electrons. The lowest BCUT2D eigenvalue weighted by Gasteiger charge is -2.30. The molecule has 2 amide bonds. The first-order chi connectivity index (χ1) is 14.2. The van der Waals surface area contributed by atoms with Gasteiger partial charge in [0, 0.05) is 13.1 Å². The number of rotatable bonds is 5. The number of anilines is 2. The second-order valence-corrected chi connectivity index (χ2v) is 7.03. The van der Waals surface area contributed by atoms with Gasteiger partial charge in [0.1, 0.15) is 0 Å². The topological polar surface area (TPSA) is 61.4 Å². The van der Waals surface area contributed by atoms with Crippen LogP contribution in [0.3, 0.4) is 0 Å². The third-order valence-electron chi connectivity index (χ3n) is 5.07. The minimum atomic E-state index is -0.421. The van der Waals surface area contributed by atoms with Gasteiger partial charge in [0.2, 0.25) is 11.8 Å². The molecule has 3 aromatic carbocycles. The van der Waals surface area contributed by atoms with Crippen molar-refractivity contribution in [3.8, 4) is 0 Å². The Labute approximate surface area is 170 Å². The minimum absolute atomic E-state index is 0.0103. The number of carbonyl (C=O) groups is 2. The monoisotopic (exact) mass is 385 g/mol. The summed E-state index contributed by atoms with van der Waals surface area (Å²) in [6.07, 6.45) is 0. The third-order valence-corrected chi connectivity index (χ3v) is 5.07. The standard InChI is InChI=1S/C24H23N3O2/c28-22-17-27(16-15-25-22)21-14-8-7-13-20(21)26-24(29)23(18-9-3-1-4-10-18)19-11-5-2-6-12-19/h1-14,23H,15-17H2,(H,25,28)(H,26,29). The average Bonchev–Trinajstić information content (AvgIpc) is 2.76. The van der Waals surface area contributed by atoms with E-state index in [1.54, 1.807) is 0 Å². The van der Waals surface area contributed by atoms with E-state index in [4.69, 9.17) is 0 Å². The lowest BCUT2D eigenvalue weighted by atomic mass is 9.90. The van der Waals surface area contributed by atoms with Crippen LogP contribution in [0.25, 0.3) is 0 Å². The van der Waals surface area contributed by atoms with Gasteiger partial charge >= 0.3 is 0 Å². The Kier molecular flexibility index (Phi) is 5.56. The van der Waals surface area contributed by atoms with Crippen molar-refractivity contribution in [1.29, 1.82) is 0 Å². The quantitative estimate of drug-likeness (QED) is 0.708. The Bertz CT molecular complexity index is 950. The highest BCUT2D eigenvalue weighted by Crippen LogP contribution is 2.30. The Balaban J connectivity index is 1.64. The molecule has 3 aromatic rings. The zero-order chi connectivity index (χ0) is 20.1. The Morgan fingerprint density at radius 3 is 2.07 bits per heavy atom. The smallest absolute Gasteiger partial charge is 0.239 e. The SMILES string of the molecule is O=C1CN(c2ccccc2NC(=O)C(c2ccccc2)c2ccccc2)CCN1. The van der Waals surface area contributed by atoms with Crippen LogP contribution < -0.4 is 15.5 Å². The van der Waals surface area contributed by atoms with Crippen LogP contribution in [-0.2, 0) is 9.59 Å². The van der Waals surface area contributed by atoms with Crippen molar-refractivity contribution < 1.29 is 9.59 Å². The fraction of sp³-hybridized carbons (Fsp3) is 0.167. The number of carbonyl (C=O) groups excluding carboxylic acids is 2. The predicted octanol–water partition coefficient (Wildman–Crippen LogP) is 3.39. The van der Waals surface area contributed by atoms with Gasteiger partial charge in [-0.05, 0) is 23.3 Å². The van der Waals surface area contributed by atoms with Crippen molar-refractivity contribution in [2.45, 2.75) is 5.92 Å². The summed E-state index contributed by atoms with van der Waals surface area (Å²) in [4.78, 5) is 27.2. The molecular formula is C24H23N3O2. The summed E-state index contributed by atoms with van der Waals surface area (Å²) in [5.41, 5.74) is 3.44. The summed E-state index contributed by atoms with van der Waals surface area (Å²) in [6.45, 7) is 1.59. The largest absolute Gasteiger partial charge is 0.359 e. The maximum absolute atomic E-state index is 13.4. The predicted molar refractivity (Wildman–Crippen MR) is 115 cm³/mol. The molecule has 29 heavy (non-hydrogen) atoms. The van der Waals surface area contributed by atoms with Gasteiger partial charge in [-0.25, -0.2) is 0 Å². The van der Waals surface area contributed by atoms with E-state index in [2.05, 4.69) is 10.6 Å². The van der Waals surface area contributed by atoms with E-state index in [1.165, 1.54) is 0 Å². The van der Waals surface area contributed by atoms with Crippen LogP contribution in [0.4, 0.5) is 11.4 Å². The van der Waals surface area contributed by atoms with Gasteiger partial charge in [-0.1, -0.05) is 72.8 Å². The van der Waals surface area contributed by atoms with Gasteiger partial charge in [-0.15, -0.1) is 0 Å². The zero-order valence-electron chi connectivity index (χ0n) is 16.0. The molecule has 1 fully saturated rings. The lowest BCUT2D eigenvalue weighted by Crippen LogP contribution is -2.48. The van der Waals surface area contributed by atoms with Gasteiger partial charge in [-0.2, -0.15) is 0 Å². The fourth-order valence-corrected chi connectivity index (χ4v) is 3.69. The number of para-hydroxylation sites is 2. The lowest BCUT2D eigenvalue weighted by molar-refractivity contribution is -0.120. The Hall–Kier alpha value is -3.60. The van der Waals surface area contributed by atoms with Crippen LogP contribution in [0.2, 0.25) is 0 Å². The van der Waals surface area contributed by atoms with Crippen LogP contribution in [0.5, 0.6) is 0 Å². The normalized spacial score (nSPS) is 13.8. The molecule has 0 aliphatic carbocycles. The molecule has 1 heterocycles. The number of nitrogens with zero attached hydrogens (tertiary/aromatic N) is 1. The highest BCUT2D eigenvalue weighted by atomic mass is 16.2. The minimum Gasteiger partial charge on any atom is -0.359 e. The molecule has 1 aliphatic rings. The number of piperazine rings is 1. The van der Waals surface area contributed by atoms with E-state index in [9.17, 15) is 9.59 Å². The third kappa shape index (κ3) is 4.29. The molecule has 0 unspecified atom stereocenters. The average molecular weight is 385 g/mol.